The Morgan fingerprint density at radius 2 is 1.93 bits per heavy atom. The molecule has 0 bridgehead atoms. The first kappa shape index (κ1) is 24.9. The van der Waals surface area contributed by atoms with Gasteiger partial charge in [0.15, 0.2) is 0 Å². The maximum absolute atomic E-state index is 13.2. The summed E-state index contributed by atoms with van der Waals surface area (Å²) >= 11 is 0. The van der Waals surface area contributed by atoms with Gasteiger partial charge in [-0.2, -0.15) is 0 Å². The summed E-state index contributed by atoms with van der Waals surface area (Å²) in [6.07, 6.45) is 4.44. The number of amides is 2. The van der Waals surface area contributed by atoms with E-state index in [-0.39, 0.29) is 42.0 Å². The second kappa shape index (κ2) is 11.1. The van der Waals surface area contributed by atoms with Crippen LogP contribution < -0.4 is 11.1 Å². The topological polar surface area (TPSA) is 88.3 Å². The number of carbonyl (C=O) groups is 2. The molecule has 2 amide bonds. The second-order valence-electron chi connectivity index (χ2n) is 7.48. The highest BCUT2D eigenvalue weighted by Crippen LogP contribution is 2.29. The molecule has 2 aromatic rings. The lowest BCUT2D eigenvalue weighted by Crippen LogP contribution is -2.49. The molecule has 3 rings (SSSR count). The molecule has 3 N–H and O–H groups in total. The van der Waals surface area contributed by atoms with E-state index >= 15 is 0 Å². The largest absolute Gasteiger partial charge is 0.340 e. The Kier molecular flexibility index (Phi) is 9.56. The van der Waals surface area contributed by atoms with Crippen LogP contribution in [0.3, 0.4) is 0 Å². The standard InChI is InChI=1S/C21H26N4O2.2ClH/c1-21(14-22)9-11-25(15-21)20(27)18(12-16-6-3-2-4-7-16)24-19(26)17-8-5-10-23-13-17;;/h2-8,10,13,18H,9,11-12,14-15,22H2,1H3,(H,24,26);2*1H. The van der Waals surface area contributed by atoms with Gasteiger partial charge in [-0.3, -0.25) is 14.6 Å². The molecule has 1 saturated heterocycles. The number of aromatic nitrogens is 1. The molecule has 6 nitrogen and oxygen atoms in total. The van der Waals surface area contributed by atoms with E-state index < -0.39 is 6.04 Å². The third-order valence-corrected chi connectivity index (χ3v) is 5.17. The quantitative estimate of drug-likeness (QED) is 0.724. The van der Waals surface area contributed by atoms with Gasteiger partial charge in [0.05, 0.1) is 5.56 Å². The minimum Gasteiger partial charge on any atom is -0.340 e. The lowest BCUT2D eigenvalue weighted by Gasteiger charge is -2.27. The summed E-state index contributed by atoms with van der Waals surface area (Å²) in [6.45, 7) is 3.93. The molecular formula is C21H28Cl2N4O2. The highest BCUT2D eigenvalue weighted by atomic mass is 35.5. The first-order valence-corrected chi connectivity index (χ1v) is 9.24. The fourth-order valence-corrected chi connectivity index (χ4v) is 3.39. The number of likely N-dealkylation sites (tertiary alicyclic amines) is 1. The molecule has 158 valence electrons. The normalized spacial score (nSPS) is 18.9. The van der Waals surface area contributed by atoms with Crippen LogP contribution in [0.2, 0.25) is 0 Å². The van der Waals surface area contributed by atoms with E-state index in [9.17, 15) is 9.59 Å². The van der Waals surface area contributed by atoms with Crippen molar-refractivity contribution >= 4 is 36.6 Å². The molecule has 0 spiro atoms. The van der Waals surface area contributed by atoms with Crippen LogP contribution in [0.4, 0.5) is 0 Å². The second-order valence-corrected chi connectivity index (χ2v) is 7.48. The Labute approximate surface area is 184 Å². The van der Waals surface area contributed by atoms with Crippen LogP contribution in [0, 0.1) is 5.41 Å². The van der Waals surface area contributed by atoms with Crippen LogP contribution in [-0.4, -0.2) is 47.4 Å². The van der Waals surface area contributed by atoms with Gasteiger partial charge in [0.2, 0.25) is 5.91 Å². The van der Waals surface area contributed by atoms with Crippen molar-refractivity contribution in [1.29, 1.82) is 0 Å². The molecule has 2 atom stereocenters. The highest BCUT2D eigenvalue weighted by molar-refractivity contribution is 5.97. The fourth-order valence-electron chi connectivity index (χ4n) is 3.39. The molecule has 0 radical (unpaired) electrons. The average Bonchev–Trinajstić information content (AvgIpc) is 3.11. The summed E-state index contributed by atoms with van der Waals surface area (Å²) in [5.74, 6) is -0.355. The van der Waals surface area contributed by atoms with Crippen LogP contribution >= 0.6 is 24.8 Å². The van der Waals surface area contributed by atoms with Crippen molar-refractivity contribution in [3.05, 3.63) is 66.0 Å². The van der Waals surface area contributed by atoms with Gasteiger partial charge in [-0.25, -0.2) is 0 Å². The lowest BCUT2D eigenvalue weighted by molar-refractivity contribution is -0.132. The summed E-state index contributed by atoms with van der Waals surface area (Å²) < 4.78 is 0. The van der Waals surface area contributed by atoms with Crippen molar-refractivity contribution in [2.45, 2.75) is 25.8 Å². The van der Waals surface area contributed by atoms with Crippen molar-refractivity contribution in [3.63, 3.8) is 0 Å². The molecule has 1 aliphatic heterocycles. The smallest absolute Gasteiger partial charge is 0.253 e. The number of nitrogens with two attached hydrogens (primary N) is 1. The van der Waals surface area contributed by atoms with E-state index in [1.54, 1.807) is 18.3 Å². The van der Waals surface area contributed by atoms with Crippen molar-refractivity contribution < 1.29 is 9.59 Å². The van der Waals surface area contributed by atoms with Crippen molar-refractivity contribution in [2.24, 2.45) is 11.1 Å². The van der Waals surface area contributed by atoms with Gasteiger partial charge in [0.1, 0.15) is 6.04 Å². The van der Waals surface area contributed by atoms with Crippen LogP contribution in [0.1, 0.15) is 29.3 Å². The van der Waals surface area contributed by atoms with Gasteiger partial charge in [-0.1, -0.05) is 37.3 Å². The molecule has 2 unspecified atom stereocenters. The number of nitrogens with one attached hydrogen (secondary N) is 1. The maximum Gasteiger partial charge on any atom is 0.253 e. The number of carbonyl (C=O) groups excluding carboxylic acids is 2. The van der Waals surface area contributed by atoms with Crippen molar-refractivity contribution in [3.8, 4) is 0 Å². The van der Waals surface area contributed by atoms with Gasteiger partial charge in [0, 0.05) is 31.9 Å². The molecular weight excluding hydrogens is 411 g/mol. The van der Waals surface area contributed by atoms with E-state index in [0.29, 0.717) is 31.6 Å². The Morgan fingerprint density at radius 1 is 1.21 bits per heavy atom. The monoisotopic (exact) mass is 438 g/mol. The zero-order valence-electron chi connectivity index (χ0n) is 16.4. The summed E-state index contributed by atoms with van der Waals surface area (Å²) in [6, 6.07) is 12.5. The van der Waals surface area contributed by atoms with Gasteiger partial charge < -0.3 is 16.0 Å². The summed E-state index contributed by atoms with van der Waals surface area (Å²) in [5.41, 5.74) is 7.26. The zero-order chi connectivity index (χ0) is 19.3. The van der Waals surface area contributed by atoms with Gasteiger partial charge in [-0.15, -0.1) is 24.8 Å². The number of benzene rings is 1. The molecule has 8 heteroatoms. The zero-order valence-corrected chi connectivity index (χ0v) is 18.0. The van der Waals surface area contributed by atoms with Gasteiger partial charge in [0.25, 0.3) is 5.91 Å². The van der Waals surface area contributed by atoms with Crippen LogP contribution in [-0.2, 0) is 11.2 Å². The highest BCUT2D eigenvalue weighted by Gasteiger charge is 2.37. The average molecular weight is 439 g/mol. The molecule has 2 heterocycles. The van der Waals surface area contributed by atoms with Crippen molar-refractivity contribution in [1.82, 2.24) is 15.2 Å². The number of pyridine rings is 1. The van der Waals surface area contributed by atoms with E-state index in [4.69, 9.17) is 5.73 Å². The summed E-state index contributed by atoms with van der Waals surface area (Å²) in [5, 5.41) is 2.90. The molecule has 0 aliphatic carbocycles. The van der Waals surface area contributed by atoms with Gasteiger partial charge in [-0.05, 0) is 36.1 Å². The first-order valence-electron chi connectivity index (χ1n) is 9.24. The Hall–Kier alpha value is -2.15. The minimum atomic E-state index is -0.625. The Morgan fingerprint density at radius 3 is 2.52 bits per heavy atom. The molecule has 1 aromatic carbocycles. The predicted octanol–water partition coefficient (Wildman–Crippen LogP) is 2.46. The van der Waals surface area contributed by atoms with Crippen LogP contribution in [0.5, 0.6) is 0 Å². The predicted molar refractivity (Wildman–Crippen MR) is 118 cm³/mol. The molecule has 0 saturated carbocycles. The van der Waals surface area contributed by atoms with Crippen molar-refractivity contribution in [2.75, 3.05) is 19.6 Å². The van der Waals surface area contributed by atoms with E-state index in [2.05, 4.69) is 17.2 Å². The number of hydrogen-bond donors (Lipinski definition) is 2. The molecule has 1 aliphatic rings. The fraction of sp³-hybridized carbons (Fsp3) is 0.381. The number of nitrogens with zero attached hydrogens (tertiary/aromatic N) is 2. The Bertz CT molecular complexity index is 792. The van der Waals surface area contributed by atoms with E-state index in [1.807, 2.05) is 35.2 Å². The Balaban J connectivity index is 0.00000210. The molecule has 1 aromatic heterocycles. The SMILES string of the molecule is CC1(CN)CCN(C(=O)C(Cc2ccccc2)NC(=O)c2cccnc2)C1.Cl.Cl. The molecule has 29 heavy (non-hydrogen) atoms. The third-order valence-electron chi connectivity index (χ3n) is 5.17. The van der Waals surface area contributed by atoms with Crippen LogP contribution in [0.15, 0.2) is 54.9 Å². The lowest BCUT2D eigenvalue weighted by atomic mass is 9.90. The summed E-state index contributed by atoms with van der Waals surface area (Å²) in [4.78, 5) is 31.6. The maximum atomic E-state index is 13.2. The van der Waals surface area contributed by atoms with E-state index in [0.717, 1.165) is 12.0 Å². The van der Waals surface area contributed by atoms with Crippen LogP contribution in [0.25, 0.3) is 0 Å². The number of rotatable bonds is 6. The van der Waals surface area contributed by atoms with E-state index in [1.165, 1.54) is 6.20 Å². The minimum absolute atomic E-state index is 0. The first-order chi connectivity index (χ1) is 13.0. The summed E-state index contributed by atoms with van der Waals surface area (Å²) in [7, 11) is 0. The third kappa shape index (κ3) is 6.42. The number of halogens is 2. The molecule has 1 fully saturated rings. The number of hydrogen-bond acceptors (Lipinski definition) is 4. The van der Waals surface area contributed by atoms with Gasteiger partial charge >= 0.3 is 0 Å².